The van der Waals surface area contributed by atoms with E-state index in [4.69, 9.17) is 24.5 Å². The summed E-state index contributed by atoms with van der Waals surface area (Å²) in [7, 11) is 1.72. The van der Waals surface area contributed by atoms with Gasteiger partial charge >= 0.3 is 24.3 Å². The molecular weight excluding hydrogens is 604 g/mol. The van der Waals surface area contributed by atoms with Gasteiger partial charge in [0.15, 0.2) is 5.82 Å². The Morgan fingerprint density at radius 1 is 0.977 bits per heavy atom. The first-order chi connectivity index (χ1) is 20.5. The molecule has 11 nitrogen and oxygen atoms in total. The number of halogens is 6. The van der Waals surface area contributed by atoms with E-state index in [9.17, 15) is 31.1 Å². The zero-order chi connectivity index (χ0) is 32.9. The third-order valence-electron chi connectivity index (χ3n) is 6.67. The van der Waals surface area contributed by atoms with Gasteiger partial charge in [-0.15, -0.1) is 0 Å². The van der Waals surface area contributed by atoms with E-state index < -0.39 is 24.3 Å². The summed E-state index contributed by atoms with van der Waals surface area (Å²) in [5, 5.41) is 14.2. The van der Waals surface area contributed by atoms with Crippen molar-refractivity contribution in [2.24, 2.45) is 0 Å². The lowest BCUT2D eigenvalue weighted by Gasteiger charge is -2.47. The van der Waals surface area contributed by atoms with Gasteiger partial charge in [0.05, 0.1) is 18.0 Å². The number of hydrogen-bond acceptors (Lipinski definition) is 7. The van der Waals surface area contributed by atoms with E-state index in [1.807, 2.05) is 36.2 Å². The quantitative estimate of drug-likeness (QED) is 0.409. The summed E-state index contributed by atoms with van der Waals surface area (Å²) in [6, 6.07) is 13.9. The molecule has 1 spiro atoms. The lowest BCUT2D eigenvalue weighted by atomic mass is 9.89. The molecule has 0 radical (unpaired) electrons. The Kier molecular flexibility index (Phi) is 10.2. The molecule has 0 saturated carbocycles. The Morgan fingerprint density at radius 3 is 2.18 bits per heavy atom. The molecule has 2 N–H and O–H groups in total. The number of rotatable bonds is 4. The van der Waals surface area contributed by atoms with Crippen LogP contribution < -0.4 is 4.90 Å². The number of nitrogens with zero attached hydrogens (tertiary/aromatic N) is 5. The number of hydrogen-bond donors (Lipinski definition) is 2. The van der Waals surface area contributed by atoms with E-state index in [0.717, 1.165) is 35.9 Å². The molecule has 17 heteroatoms. The SMILES string of the molecule is COCCN1c2cccnc2-n2cccc2C12CCN(C(=O)c1cccc(C)n1)C2.O=C(O)C(F)(F)F.O=C(O)C(F)(F)F. The first-order valence-electron chi connectivity index (χ1n) is 12.8. The maximum absolute atomic E-state index is 13.2. The van der Waals surface area contributed by atoms with Crippen molar-refractivity contribution in [3.05, 3.63) is 71.9 Å². The van der Waals surface area contributed by atoms with Crippen molar-refractivity contribution >= 4 is 23.5 Å². The van der Waals surface area contributed by atoms with E-state index in [1.54, 1.807) is 13.2 Å². The highest BCUT2D eigenvalue weighted by Crippen LogP contribution is 2.47. The normalized spacial score (nSPS) is 17.1. The molecule has 1 amide bonds. The number of alkyl halides is 6. The Labute approximate surface area is 246 Å². The Balaban J connectivity index is 0.000000317. The van der Waals surface area contributed by atoms with Crippen molar-refractivity contribution in [1.82, 2.24) is 19.4 Å². The molecule has 1 unspecified atom stereocenters. The van der Waals surface area contributed by atoms with Gasteiger partial charge in [-0.25, -0.2) is 19.6 Å². The largest absolute Gasteiger partial charge is 0.490 e. The maximum Gasteiger partial charge on any atom is 0.490 e. The number of carbonyl (C=O) groups excluding carboxylic acids is 1. The van der Waals surface area contributed by atoms with Gasteiger partial charge in [0.25, 0.3) is 5.91 Å². The summed E-state index contributed by atoms with van der Waals surface area (Å²) in [5.74, 6) is -4.61. The minimum absolute atomic E-state index is 0.0163. The van der Waals surface area contributed by atoms with Crippen LogP contribution in [-0.2, 0) is 19.9 Å². The van der Waals surface area contributed by atoms with E-state index in [-0.39, 0.29) is 11.4 Å². The number of carboxylic acid groups (broad SMARTS) is 2. The summed E-state index contributed by atoms with van der Waals surface area (Å²) in [6.45, 7) is 4.52. The highest BCUT2D eigenvalue weighted by Gasteiger charge is 2.51. The molecule has 5 heterocycles. The molecule has 1 saturated heterocycles. The molecule has 2 aliphatic heterocycles. The molecule has 5 rings (SSSR count). The van der Waals surface area contributed by atoms with E-state index in [2.05, 4.69) is 43.8 Å². The molecule has 2 aliphatic rings. The van der Waals surface area contributed by atoms with Crippen LogP contribution >= 0.6 is 0 Å². The van der Waals surface area contributed by atoms with Gasteiger partial charge in [-0.2, -0.15) is 26.3 Å². The third kappa shape index (κ3) is 7.45. The zero-order valence-corrected chi connectivity index (χ0v) is 23.3. The fourth-order valence-corrected chi connectivity index (χ4v) is 4.84. The fraction of sp³-hybridized carbons (Fsp3) is 0.370. The van der Waals surface area contributed by atoms with Crippen molar-refractivity contribution in [3.63, 3.8) is 0 Å². The number of methoxy groups -OCH3 is 1. The van der Waals surface area contributed by atoms with Crippen LogP contribution in [0.5, 0.6) is 0 Å². The second-order valence-electron chi connectivity index (χ2n) is 9.53. The lowest BCUT2D eigenvalue weighted by Crippen LogP contribution is -2.53. The molecule has 238 valence electrons. The van der Waals surface area contributed by atoms with Gasteiger partial charge < -0.3 is 29.3 Å². The predicted octanol–water partition coefficient (Wildman–Crippen LogP) is 4.05. The van der Waals surface area contributed by atoms with E-state index in [1.165, 1.54) is 0 Å². The van der Waals surface area contributed by atoms with Gasteiger partial charge in [0.2, 0.25) is 0 Å². The topological polar surface area (TPSA) is 138 Å². The molecule has 3 aromatic heterocycles. The molecular formula is C27H27F6N5O6. The second-order valence-corrected chi connectivity index (χ2v) is 9.53. The van der Waals surface area contributed by atoms with Gasteiger partial charge in [-0.05, 0) is 49.7 Å². The van der Waals surface area contributed by atoms with Crippen LogP contribution in [0.2, 0.25) is 0 Å². The number of ether oxygens (including phenoxy) is 1. The highest BCUT2D eigenvalue weighted by atomic mass is 19.4. The maximum atomic E-state index is 13.2. The fourth-order valence-electron chi connectivity index (χ4n) is 4.84. The van der Waals surface area contributed by atoms with Gasteiger partial charge in [0, 0.05) is 44.8 Å². The van der Waals surface area contributed by atoms with Crippen LogP contribution in [-0.4, -0.2) is 93.2 Å². The smallest absolute Gasteiger partial charge is 0.475 e. The minimum Gasteiger partial charge on any atom is -0.475 e. The van der Waals surface area contributed by atoms with Crippen LogP contribution in [0.1, 0.15) is 28.3 Å². The predicted molar refractivity (Wildman–Crippen MR) is 141 cm³/mol. The first-order valence-corrected chi connectivity index (χ1v) is 12.8. The lowest BCUT2D eigenvalue weighted by molar-refractivity contribution is -0.193. The van der Waals surface area contributed by atoms with Gasteiger partial charge in [-0.1, -0.05) is 6.07 Å². The first kappa shape index (κ1) is 33.8. The summed E-state index contributed by atoms with van der Waals surface area (Å²) < 4.78 is 71.1. The van der Waals surface area contributed by atoms with Crippen molar-refractivity contribution in [2.75, 3.05) is 38.3 Å². The number of fused-ring (bicyclic) bond motifs is 4. The van der Waals surface area contributed by atoms with Crippen molar-refractivity contribution in [3.8, 4) is 5.82 Å². The molecule has 44 heavy (non-hydrogen) atoms. The molecule has 0 aromatic carbocycles. The number of amides is 1. The summed E-state index contributed by atoms with van der Waals surface area (Å²) >= 11 is 0. The van der Waals surface area contributed by atoms with Crippen LogP contribution in [0.15, 0.2) is 54.9 Å². The van der Waals surface area contributed by atoms with Gasteiger partial charge in [-0.3, -0.25) is 4.79 Å². The monoisotopic (exact) mass is 631 g/mol. The number of carbonyl (C=O) groups is 3. The van der Waals surface area contributed by atoms with Crippen LogP contribution in [0.4, 0.5) is 32.0 Å². The molecule has 0 bridgehead atoms. The average Bonchev–Trinajstić information content (AvgIpc) is 3.62. The number of aliphatic carboxylic acids is 2. The number of aryl methyl sites for hydroxylation is 1. The minimum atomic E-state index is -5.08. The summed E-state index contributed by atoms with van der Waals surface area (Å²) in [6.07, 6.45) is -5.45. The van der Waals surface area contributed by atoms with E-state index in [0.29, 0.717) is 25.4 Å². The second kappa shape index (κ2) is 13.3. The van der Waals surface area contributed by atoms with Crippen molar-refractivity contribution in [2.45, 2.75) is 31.2 Å². The van der Waals surface area contributed by atoms with E-state index >= 15 is 0 Å². The summed E-state index contributed by atoms with van der Waals surface area (Å²) in [5.41, 5.74) is 3.27. The standard InChI is InChI=1S/C23H25N5O2.2C2HF3O2/c1-17-6-3-7-18(25-17)22(29)26-13-10-23(16-26)20-9-5-12-27(20)21-19(8-4-11-24-21)28(23)14-15-30-2;2*3-2(4,5)1(6)7/h3-9,11-12H,10,13-16H2,1-2H3;2*(H,6,7). The Morgan fingerprint density at radius 2 is 1.61 bits per heavy atom. The van der Waals surface area contributed by atoms with Crippen molar-refractivity contribution in [1.29, 1.82) is 0 Å². The van der Waals surface area contributed by atoms with Crippen molar-refractivity contribution < 1.29 is 55.7 Å². The number of aromatic nitrogens is 3. The third-order valence-corrected chi connectivity index (χ3v) is 6.67. The number of pyridine rings is 2. The average molecular weight is 632 g/mol. The number of anilines is 1. The zero-order valence-electron chi connectivity index (χ0n) is 23.3. The molecule has 3 aromatic rings. The van der Waals surface area contributed by atoms with Crippen LogP contribution in [0, 0.1) is 6.92 Å². The number of likely N-dealkylation sites (tertiary alicyclic amines) is 1. The molecule has 0 aliphatic carbocycles. The van der Waals surface area contributed by atoms with Gasteiger partial charge in [0.1, 0.15) is 11.2 Å². The Bertz CT molecular complexity index is 1470. The number of carboxylic acids is 2. The molecule has 1 atom stereocenters. The summed E-state index contributed by atoms with van der Waals surface area (Å²) in [4.78, 5) is 44.4. The molecule has 1 fully saturated rings. The van der Waals surface area contributed by atoms with Crippen LogP contribution in [0.3, 0.4) is 0 Å². The highest BCUT2D eigenvalue weighted by molar-refractivity contribution is 5.92. The van der Waals surface area contributed by atoms with Crippen LogP contribution in [0.25, 0.3) is 5.82 Å². The Hall–Kier alpha value is -4.67.